The molecule has 12 atom stereocenters. The average Bonchev–Trinajstić information content (AvgIpc) is 0.761. The maximum absolute atomic E-state index is 14.3. The number of nitro groups is 3. The van der Waals surface area contributed by atoms with Crippen LogP contribution in [0.2, 0.25) is 0 Å². The minimum Gasteiger partial charge on any atom is -0.491 e. The highest BCUT2D eigenvalue weighted by molar-refractivity contribution is 5.81. The number of non-ortho nitro benzene ring substituents is 3. The molecule has 1 saturated carbocycles. The number of piperidine rings is 1. The van der Waals surface area contributed by atoms with Gasteiger partial charge in [0, 0.05) is 75.0 Å². The number of rotatable bonds is 24. The van der Waals surface area contributed by atoms with Crippen LogP contribution in [0, 0.1) is 42.2 Å². The predicted octanol–water partition coefficient (Wildman–Crippen LogP) is 4.84. The van der Waals surface area contributed by atoms with E-state index in [1.54, 1.807) is 52.5 Å². The van der Waals surface area contributed by atoms with E-state index in [1.165, 1.54) is 86.8 Å². The van der Waals surface area contributed by atoms with E-state index in [0.717, 1.165) is 4.90 Å². The standard InChI is InChI=1S/C63H86N10O24/c1-61(2,3)96-59(81)69(8)53-50(76)55(93-35-63(53,7)83)95-52-46(66-54(77)47(74)23-26-65-56(78)90-32-37-9-15-40(16-10-37)71(84)85)29-45(68-58(80)92-34-39-13-19-42(20-14-39)73(88)89)48(49(52)75)51-44(67-57(79)91-33-38-11-17-41(18-12-38)72(86)87)22-21-43(94-51)31-64-30-36-24-27-70(28-25-36)60(82)97-62(4,5)6/h9-21,36,44-53,55,64,74-76,83H,22-35H2,1-8H3,(H,65,78)(H,66,77)(H,67,79)(H,68,80)/t44-,45+,46-,47-,48-,49+,50-,51?,52+,53-,55-,63+/m1/s1. The normalized spacial score (nSPS) is 24.7. The summed E-state index contributed by atoms with van der Waals surface area (Å²) in [7, 11) is 1.26. The lowest BCUT2D eigenvalue weighted by Crippen LogP contribution is -2.71. The third kappa shape index (κ3) is 22.0. The second-order valence-electron chi connectivity index (χ2n) is 26.3. The highest BCUT2D eigenvalue weighted by Gasteiger charge is 2.57. The first-order valence-corrected chi connectivity index (χ1v) is 31.5. The lowest BCUT2D eigenvalue weighted by Gasteiger charge is -2.52. The van der Waals surface area contributed by atoms with Crippen molar-refractivity contribution in [1.29, 1.82) is 0 Å². The van der Waals surface area contributed by atoms with Crippen molar-refractivity contribution in [2.24, 2.45) is 11.8 Å². The molecule has 0 aromatic heterocycles. The highest BCUT2D eigenvalue weighted by atomic mass is 16.7. The zero-order valence-electron chi connectivity index (χ0n) is 55.0. The third-order valence-electron chi connectivity index (χ3n) is 16.4. The Labute approximate surface area is 558 Å². The van der Waals surface area contributed by atoms with Crippen molar-refractivity contribution in [3.05, 3.63) is 132 Å². The van der Waals surface area contributed by atoms with Crippen molar-refractivity contribution in [1.82, 2.24) is 36.4 Å². The molecule has 4 aliphatic rings. The van der Waals surface area contributed by atoms with E-state index in [-0.39, 0.29) is 55.7 Å². The number of ether oxygens (including phenoxy) is 8. The second kappa shape index (κ2) is 33.3. The molecule has 3 aromatic rings. The van der Waals surface area contributed by atoms with Crippen molar-refractivity contribution >= 4 is 53.4 Å². The van der Waals surface area contributed by atoms with Crippen LogP contribution in [0.3, 0.4) is 0 Å². The maximum atomic E-state index is 14.3. The van der Waals surface area contributed by atoms with E-state index in [4.69, 9.17) is 37.9 Å². The van der Waals surface area contributed by atoms with Gasteiger partial charge in [0.1, 0.15) is 66.8 Å². The van der Waals surface area contributed by atoms with Crippen LogP contribution in [0.1, 0.15) is 97.3 Å². The summed E-state index contributed by atoms with van der Waals surface area (Å²) in [6, 6.07) is 9.95. The number of hydrogen-bond acceptors (Lipinski definition) is 25. The van der Waals surface area contributed by atoms with Crippen LogP contribution in [-0.4, -0.2) is 206 Å². The van der Waals surface area contributed by atoms with Crippen LogP contribution in [0.4, 0.5) is 41.0 Å². The third-order valence-corrected chi connectivity index (χ3v) is 16.4. The van der Waals surface area contributed by atoms with E-state index in [1.807, 2.05) is 0 Å². The molecule has 1 unspecified atom stereocenters. The number of nitro benzene ring substituents is 3. The zero-order chi connectivity index (χ0) is 71.1. The summed E-state index contributed by atoms with van der Waals surface area (Å²) >= 11 is 0. The Morgan fingerprint density at radius 3 is 1.70 bits per heavy atom. The number of hydrogen-bond donors (Lipinski definition) is 9. The molecule has 3 fully saturated rings. The Kier molecular flexibility index (Phi) is 25.8. The van der Waals surface area contributed by atoms with Gasteiger partial charge in [-0.05, 0) is 152 Å². The zero-order valence-corrected chi connectivity index (χ0v) is 55.0. The Bertz CT molecular complexity index is 3270. The molecule has 3 heterocycles. The number of carbonyl (C=O) groups excluding carboxylic acids is 6. The minimum atomic E-state index is -2.00. The van der Waals surface area contributed by atoms with Crippen LogP contribution < -0.4 is 26.6 Å². The van der Waals surface area contributed by atoms with Gasteiger partial charge in [0.2, 0.25) is 5.91 Å². The molecule has 532 valence electrons. The molecule has 0 bridgehead atoms. The first-order valence-electron chi connectivity index (χ1n) is 31.5. The minimum absolute atomic E-state index is 0.0299. The molecule has 2 saturated heterocycles. The number of aliphatic hydroxyl groups is 4. The van der Waals surface area contributed by atoms with Crippen molar-refractivity contribution in [2.45, 2.75) is 178 Å². The van der Waals surface area contributed by atoms with Gasteiger partial charge in [0.25, 0.3) is 17.1 Å². The predicted molar refractivity (Wildman–Crippen MR) is 338 cm³/mol. The molecule has 0 radical (unpaired) electrons. The van der Waals surface area contributed by atoms with Crippen LogP contribution >= 0.6 is 0 Å². The SMILES string of the molecule is CN(C(=O)OC(C)(C)C)[C@@H]1[C@@H](O)[C@@H](O[C@@H]2[C@@H](O)[C@H](C3OC(CNCC4CCN(C(=O)OC(C)(C)C)CC4)=CC[C@H]3NC(=O)OCc3ccc([N+](=O)[O-])cc3)[C@@H](NC(=O)OCc3ccc([N+](=O)[O-])cc3)C[C@H]2NC(=O)[C@H](O)CCNC(=O)OCc2ccc([N+](=O)[O-])cc2)OC[C@]1(C)O. The Balaban J connectivity index is 1.20. The summed E-state index contributed by atoms with van der Waals surface area (Å²) in [4.78, 5) is 116. The summed E-state index contributed by atoms with van der Waals surface area (Å²) in [6.45, 7) is 10.8. The fourth-order valence-corrected chi connectivity index (χ4v) is 11.6. The molecular formula is C63H86N10O24. The number of benzene rings is 3. The van der Waals surface area contributed by atoms with Gasteiger partial charge in [-0.25, -0.2) is 24.0 Å². The Morgan fingerprint density at radius 1 is 0.711 bits per heavy atom. The molecule has 34 nitrogen and oxygen atoms in total. The number of aliphatic hydroxyl groups excluding tert-OH is 3. The van der Waals surface area contributed by atoms with Crippen molar-refractivity contribution in [3.63, 3.8) is 0 Å². The van der Waals surface area contributed by atoms with Crippen LogP contribution in [0.25, 0.3) is 0 Å². The lowest BCUT2D eigenvalue weighted by molar-refractivity contribution is -0.385. The Hall–Kier alpha value is -9.06. The summed E-state index contributed by atoms with van der Waals surface area (Å²) in [5.74, 6) is -2.19. The van der Waals surface area contributed by atoms with Crippen molar-refractivity contribution in [2.75, 3.05) is 46.4 Å². The van der Waals surface area contributed by atoms with Gasteiger partial charge in [-0.15, -0.1) is 0 Å². The fraction of sp³-hybridized carbons (Fsp3) is 0.587. The second-order valence-corrected chi connectivity index (χ2v) is 26.3. The molecule has 1 aliphatic carbocycles. The van der Waals surface area contributed by atoms with E-state index < -0.39 is 161 Å². The summed E-state index contributed by atoms with van der Waals surface area (Å²) in [6.07, 6.45) is -13.4. The fourth-order valence-electron chi connectivity index (χ4n) is 11.6. The van der Waals surface area contributed by atoms with Crippen LogP contribution in [-0.2, 0) is 62.5 Å². The van der Waals surface area contributed by atoms with E-state index in [9.17, 15) is 79.5 Å². The molecule has 7 rings (SSSR count). The summed E-state index contributed by atoms with van der Waals surface area (Å²) in [5, 5.41) is 96.5. The van der Waals surface area contributed by atoms with Crippen LogP contribution in [0.15, 0.2) is 84.6 Å². The van der Waals surface area contributed by atoms with Gasteiger partial charge in [-0.1, -0.05) is 0 Å². The van der Waals surface area contributed by atoms with Gasteiger partial charge in [-0.2, -0.15) is 0 Å². The van der Waals surface area contributed by atoms with Gasteiger partial charge in [-0.3, -0.25) is 35.1 Å². The van der Waals surface area contributed by atoms with Crippen molar-refractivity contribution in [3.8, 4) is 0 Å². The monoisotopic (exact) mass is 1370 g/mol. The van der Waals surface area contributed by atoms with Gasteiger partial charge < -0.3 is 94.7 Å². The Morgan fingerprint density at radius 2 is 1.21 bits per heavy atom. The first-order chi connectivity index (χ1) is 45.6. The largest absolute Gasteiger partial charge is 0.491 e. The van der Waals surface area contributed by atoms with E-state index in [2.05, 4.69) is 26.6 Å². The van der Waals surface area contributed by atoms with Gasteiger partial charge in [0.05, 0.1) is 52.2 Å². The summed E-state index contributed by atoms with van der Waals surface area (Å²) in [5.41, 5.74) is -3.23. The molecular weight excluding hydrogens is 1280 g/mol. The number of nitrogens with zero attached hydrogens (tertiary/aromatic N) is 5. The smallest absolute Gasteiger partial charge is 0.410 e. The number of nitrogens with one attached hydrogen (secondary N) is 5. The van der Waals surface area contributed by atoms with Crippen molar-refractivity contribution < 1.29 is 102 Å². The summed E-state index contributed by atoms with van der Waals surface area (Å²) < 4.78 is 46.9. The molecule has 97 heavy (non-hydrogen) atoms. The number of likely N-dealkylation sites (N-methyl/N-ethyl adjacent to an activating group) is 1. The molecule has 3 aromatic carbocycles. The topological polar surface area (TPSA) is 453 Å². The molecule has 0 spiro atoms. The number of amides is 6. The van der Waals surface area contributed by atoms with Crippen LogP contribution in [0.5, 0.6) is 0 Å². The average molecular weight is 1370 g/mol. The molecule has 3 aliphatic heterocycles. The maximum Gasteiger partial charge on any atom is 0.410 e. The number of carbonyl (C=O) groups is 6. The molecule has 9 N–H and O–H groups in total. The quantitative estimate of drug-likeness (QED) is 0.0329. The van der Waals surface area contributed by atoms with Gasteiger partial charge >= 0.3 is 30.5 Å². The molecule has 6 amide bonds. The number of likely N-dealkylation sites (tertiary alicyclic amines) is 1. The van der Waals surface area contributed by atoms with Gasteiger partial charge in [0.15, 0.2) is 6.29 Å². The number of alkyl carbamates (subject to hydrolysis) is 3. The highest BCUT2D eigenvalue weighted by Crippen LogP contribution is 2.39. The lowest BCUT2D eigenvalue weighted by atomic mass is 9.72. The van der Waals surface area contributed by atoms with E-state index >= 15 is 0 Å². The first kappa shape index (κ1) is 75.3. The van der Waals surface area contributed by atoms with E-state index in [0.29, 0.717) is 54.9 Å². The molecule has 34 heteroatoms.